The first-order chi connectivity index (χ1) is 20.6. The minimum Gasteiger partial charge on any atom is -0.385 e. The summed E-state index contributed by atoms with van der Waals surface area (Å²) in [5, 5.41) is 12.2. The lowest BCUT2D eigenvalue weighted by molar-refractivity contribution is -0.144. The van der Waals surface area contributed by atoms with Gasteiger partial charge in [-0.1, -0.05) is 90.1 Å². The van der Waals surface area contributed by atoms with Crippen molar-refractivity contribution in [1.82, 2.24) is 9.21 Å². The summed E-state index contributed by atoms with van der Waals surface area (Å²) in [5.41, 5.74) is 0.605. The van der Waals surface area contributed by atoms with Crippen molar-refractivity contribution in [3.05, 3.63) is 99.0 Å². The van der Waals surface area contributed by atoms with Crippen molar-refractivity contribution in [3.8, 4) is 0 Å². The number of hydrogen-bond acceptors (Lipinski definition) is 5. The Balaban J connectivity index is 1.30. The topological polar surface area (TPSA) is 87.2 Å². The lowest BCUT2D eigenvalue weighted by Gasteiger charge is -2.40. The zero-order chi connectivity index (χ0) is 30.6. The third-order valence-corrected chi connectivity index (χ3v) is 11.3. The minimum atomic E-state index is -3.99. The fourth-order valence-corrected chi connectivity index (χ4v) is 8.15. The Hall–Kier alpha value is -2.17. The number of sulfonamides is 1. The first-order valence-corrected chi connectivity index (χ1v) is 17.0. The van der Waals surface area contributed by atoms with E-state index in [0.717, 1.165) is 24.0 Å². The van der Waals surface area contributed by atoms with Crippen molar-refractivity contribution in [1.29, 1.82) is 0 Å². The summed E-state index contributed by atoms with van der Waals surface area (Å²) in [6, 6.07) is 20.4. The maximum Gasteiger partial charge on any atom is 0.248 e. The van der Waals surface area contributed by atoms with Gasteiger partial charge in [0.05, 0.1) is 32.7 Å². The van der Waals surface area contributed by atoms with Gasteiger partial charge in [-0.15, -0.1) is 0 Å². The highest BCUT2D eigenvalue weighted by molar-refractivity contribution is 7.89. The number of hydrogen-bond donors (Lipinski definition) is 1. The van der Waals surface area contributed by atoms with Gasteiger partial charge >= 0.3 is 0 Å². The molecule has 3 aromatic rings. The third-order valence-electron chi connectivity index (χ3n) is 8.46. The van der Waals surface area contributed by atoms with E-state index in [0.29, 0.717) is 43.8 Å². The summed E-state index contributed by atoms with van der Waals surface area (Å²) < 4.78 is 35.9. The van der Waals surface area contributed by atoms with Crippen LogP contribution in [0.3, 0.4) is 0 Å². The van der Waals surface area contributed by atoms with E-state index >= 15 is 0 Å². The normalized spacial score (nSPS) is 20.7. The van der Waals surface area contributed by atoms with Gasteiger partial charge in [0.1, 0.15) is 6.61 Å². The van der Waals surface area contributed by atoms with Crippen LogP contribution in [0.25, 0.3) is 0 Å². The van der Waals surface area contributed by atoms with Crippen LogP contribution in [0, 0.1) is 0 Å². The number of carbonyl (C=O) groups excluding carboxylic acids is 1. The minimum absolute atomic E-state index is 0.0553. The second-order valence-corrected chi connectivity index (χ2v) is 14.4. The van der Waals surface area contributed by atoms with Crippen LogP contribution < -0.4 is 0 Å². The van der Waals surface area contributed by atoms with Crippen molar-refractivity contribution < 1.29 is 23.1 Å². The van der Waals surface area contributed by atoms with Crippen molar-refractivity contribution in [3.63, 3.8) is 0 Å². The Labute approximate surface area is 268 Å². The molecule has 0 radical (unpaired) electrons. The predicted molar refractivity (Wildman–Crippen MR) is 169 cm³/mol. The molecular weight excluding hydrogens is 631 g/mol. The predicted octanol–water partition coefficient (Wildman–Crippen LogP) is 6.68. The number of rotatable bonds is 9. The average molecular weight is 666 g/mol. The molecule has 0 spiro atoms. The van der Waals surface area contributed by atoms with Gasteiger partial charge in [0.25, 0.3) is 0 Å². The largest absolute Gasteiger partial charge is 0.385 e. The van der Waals surface area contributed by atoms with Gasteiger partial charge in [0.15, 0.2) is 0 Å². The number of piperidine rings is 1. The number of nitrogens with zero attached hydrogens (tertiary/aromatic N) is 2. The highest BCUT2D eigenvalue weighted by Crippen LogP contribution is 2.35. The van der Waals surface area contributed by atoms with Gasteiger partial charge in [-0.2, -0.15) is 4.31 Å². The Morgan fingerprint density at radius 1 is 0.930 bits per heavy atom. The molecule has 2 unspecified atom stereocenters. The summed E-state index contributed by atoms with van der Waals surface area (Å²) in [6.07, 6.45) is 3.29. The van der Waals surface area contributed by atoms with Crippen LogP contribution in [0.2, 0.25) is 15.1 Å². The van der Waals surface area contributed by atoms with Gasteiger partial charge in [0.2, 0.25) is 15.9 Å². The van der Waals surface area contributed by atoms with Crippen LogP contribution in [0.5, 0.6) is 0 Å². The molecule has 43 heavy (non-hydrogen) atoms. The number of halogens is 3. The number of aliphatic hydroxyl groups is 1. The zero-order valence-electron chi connectivity index (χ0n) is 23.7. The van der Waals surface area contributed by atoms with E-state index in [4.69, 9.17) is 39.5 Å². The van der Waals surface area contributed by atoms with Gasteiger partial charge in [0, 0.05) is 24.7 Å². The quantitative estimate of drug-likeness (QED) is 0.276. The molecule has 7 nitrogen and oxygen atoms in total. The molecule has 2 fully saturated rings. The fraction of sp³-hybridized carbons (Fsp3) is 0.406. The number of amides is 1. The second-order valence-electron chi connectivity index (χ2n) is 11.2. The molecule has 230 valence electrons. The van der Waals surface area contributed by atoms with Crippen molar-refractivity contribution >= 4 is 50.7 Å². The molecule has 1 N–H and O–H groups in total. The second kappa shape index (κ2) is 13.9. The summed E-state index contributed by atoms with van der Waals surface area (Å²) in [7, 11) is -3.99. The number of carbonyl (C=O) groups is 1. The summed E-state index contributed by atoms with van der Waals surface area (Å²) in [5.74, 6) is -0.176. The highest BCUT2D eigenvalue weighted by atomic mass is 35.5. The summed E-state index contributed by atoms with van der Waals surface area (Å²) >= 11 is 18.3. The molecule has 2 aliphatic rings. The van der Waals surface area contributed by atoms with Crippen LogP contribution in [-0.2, 0) is 31.7 Å². The standard InChI is InChI=1S/C32H35Cl3N2O5S/c33-25-12-10-24(11-13-25)32(39)16-18-36(19-17-32)31(38)22-42-30-9-5-4-8-29(30)37(21-23-6-2-1-3-7-23)43(40,41)26-14-15-27(34)28(35)20-26/h1-3,6-7,10-15,20,29-30,39H,4-5,8-9,16-19,21-22H2. The monoisotopic (exact) mass is 664 g/mol. The highest BCUT2D eigenvalue weighted by Gasteiger charge is 2.40. The van der Waals surface area contributed by atoms with Crippen molar-refractivity contribution in [2.24, 2.45) is 0 Å². The zero-order valence-corrected chi connectivity index (χ0v) is 26.8. The molecule has 5 rings (SSSR count). The van der Waals surface area contributed by atoms with E-state index in [9.17, 15) is 18.3 Å². The van der Waals surface area contributed by atoms with Crippen LogP contribution in [-0.4, -0.2) is 60.5 Å². The fourth-order valence-electron chi connectivity index (χ4n) is 5.96. The molecule has 3 aromatic carbocycles. The molecule has 1 heterocycles. The molecule has 1 aliphatic carbocycles. The van der Waals surface area contributed by atoms with Crippen molar-refractivity contribution in [2.45, 2.75) is 67.7 Å². The van der Waals surface area contributed by atoms with E-state index in [1.165, 1.54) is 22.5 Å². The maximum absolute atomic E-state index is 14.1. The molecule has 0 bridgehead atoms. The van der Waals surface area contributed by atoms with E-state index in [1.54, 1.807) is 17.0 Å². The molecular formula is C32H35Cl3N2O5S. The summed E-state index contributed by atoms with van der Waals surface area (Å²) in [4.78, 5) is 15.0. The smallest absolute Gasteiger partial charge is 0.248 e. The molecule has 11 heteroatoms. The third kappa shape index (κ3) is 7.56. The Morgan fingerprint density at radius 3 is 2.28 bits per heavy atom. The molecule has 0 aromatic heterocycles. The van der Waals surface area contributed by atoms with Crippen LogP contribution in [0.1, 0.15) is 49.7 Å². The van der Waals surface area contributed by atoms with Crippen molar-refractivity contribution in [2.75, 3.05) is 19.7 Å². The SMILES string of the molecule is O=C(COC1CCCCC1N(Cc1ccccc1)S(=O)(=O)c1ccc(Cl)c(Cl)c1)N1CCC(O)(c2ccc(Cl)cc2)CC1. The Morgan fingerprint density at radius 2 is 1.60 bits per heavy atom. The van der Waals surface area contributed by atoms with E-state index in [-0.39, 0.29) is 34.0 Å². The molecule has 1 aliphatic heterocycles. The molecule has 1 saturated heterocycles. The average Bonchev–Trinajstić information content (AvgIpc) is 3.01. The van der Waals surface area contributed by atoms with Crippen LogP contribution >= 0.6 is 34.8 Å². The van der Waals surface area contributed by atoms with Gasteiger partial charge in [-0.25, -0.2) is 8.42 Å². The lowest BCUT2D eigenvalue weighted by atomic mass is 9.84. The number of benzene rings is 3. The Kier molecular flexibility index (Phi) is 10.4. The van der Waals surface area contributed by atoms with Gasteiger partial charge in [-0.3, -0.25) is 4.79 Å². The van der Waals surface area contributed by atoms with E-state index in [1.807, 2.05) is 42.5 Å². The van der Waals surface area contributed by atoms with Crippen LogP contribution in [0.15, 0.2) is 77.7 Å². The Bertz CT molecular complexity index is 1510. The maximum atomic E-state index is 14.1. The molecule has 2 atom stereocenters. The van der Waals surface area contributed by atoms with Gasteiger partial charge in [-0.05, 0) is 67.1 Å². The number of likely N-dealkylation sites (tertiary alicyclic amines) is 1. The van der Waals surface area contributed by atoms with E-state index < -0.39 is 27.8 Å². The van der Waals surface area contributed by atoms with Crippen LogP contribution in [0.4, 0.5) is 0 Å². The molecule has 1 saturated carbocycles. The number of ether oxygens (including phenoxy) is 1. The van der Waals surface area contributed by atoms with Gasteiger partial charge < -0.3 is 14.7 Å². The first kappa shape index (κ1) is 32.2. The van der Waals surface area contributed by atoms with E-state index in [2.05, 4.69) is 0 Å². The molecule has 1 amide bonds. The summed E-state index contributed by atoms with van der Waals surface area (Å²) in [6.45, 7) is 0.770. The first-order valence-electron chi connectivity index (χ1n) is 14.5. The lowest BCUT2D eigenvalue weighted by Crippen LogP contribution is -2.50.